The number of anilines is 1. The third kappa shape index (κ3) is 2.18. The van der Waals surface area contributed by atoms with Crippen LogP contribution in [0.25, 0.3) is 10.9 Å². The molecule has 90 valence electrons. The van der Waals surface area contributed by atoms with Crippen LogP contribution in [0.5, 0.6) is 0 Å². The number of nitrogens with zero attached hydrogens (tertiary/aromatic N) is 1. The van der Waals surface area contributed by atoms with Gasteiger partial charge in [-0.05, 0) is 24.6 Å². The number of aryl methyl sites for hydroxylation is 1. The highest BCUT2D eigenvalue weighted by molar-refractivity contribution is 6.41. The summed E-state index contributed by atoms with van der Waals surface area (Å²) < 4.78 is 5.03. The minimum Gasteiger partial charge on any atom is -0.398 e. The van der Waals surface area contributed by atoms with Gasteiger partial charge in [0.25, 0.3) is 0 Å². The molecule has 2 N–H and O–H groups in total. The number of ether oxygens (including phenoxy) is 1. The number of rotatable bonds is 2. The molecule has 0 fully saturated rings. The first-order valence-corrected chi connectivity index (χ1v) is 5.82. The van der Waals surface area contributed by atoms with Gasteiger partial charge in [-0.25, -0.2) is 4.98 Å². The Morgan fingerprint density at radius 3 is 2.71 bits per heavy atom. The number of methoxy groups -OCH3 is 1. The fourth-order valence-corrected chi connectivity index (χ4v) is 2.32. The van der Waals surface area contributed by atoms with Crippen molar-refractivity contribution in [1.29, 1.82) is 0 Å². The highest BCUT2D eigenvalue weighted by Gasteiger charge is 2.12. The Balaban J connectivity index is 2.81. The van der Waals surface area contributed by atoms with Crippen molar-refractivity contribution in [3.8, 4) is 0 Å². The highest BCUT2D eigenvalue weighted by Crippen LogP contribution is 2.35. The molecule has 0 unspecified atom stereocenters. The first-order valence-electron chi connectivity index (χ1n) is 5.07. The van der Waals surface area contributed by atoms with Crippen molar-refractivity contribution >= 4 is 39.8 Å². The number of nitrogens with two attached hydrogens (primary N) is 1. The molecule has 0 aliphatic rings. The van der Waals surface area contributed by atoms with E-state index in [9.17, 15) is 0 Å². The first-order chi connectivity index (χ1) is 8.04. The predicted octanol–water partition coefficient (Wildman–Crippen LogP) is 3.58. The fraction of sp³-hybridized carbons (Fsp3) is 0.250. The molecule has 1 aromatic heterocycles. The highest BCUT2D eigenvalue weighted by atomic mass is 35.5. The van der Waals surface area contributed by atoms with Crippen molar-refractivity contribution in [3.05, 3.63) is 33.4 Å². The van der Waals surface area contributed by atoms with Crippen molar-refractivity contribution in [1.82, 2.24) is 4.98 Å². The first kappa shape index (κ1) is 12.4. The third-order valence-corrected chi connectivity index (χ3v) is 3.31. The maximum absolute atomic E-state index is 6.22. The Labute approximate surface area is 109 Å². The molecule has 5 heteroatoms. The average Bonchev–Trinajstić information content (AvgIpc) is 2.26. The fourth-order valence-electron chi connectivity index (χ4n) is 1.76. The van der Waals surface area contributed by atoms with Crippen LogP contribution in [0.3, 0.4) is 0 Å². The lowest BCUT2D eigenvalue weighted by atomic mass is 10.1. The second kappa shape index (κ2) is 4.69. The van der Waals surface area contributed by atoms with Crippen LogP contribution < -0.4 is 5.73 Å². The number of halogens is 2. The Hall–Kier alpha value is -1.03. The molecule has 17 heavy (non-hydrogen) atoms. The number of fused-ring (bicyclic) bond motifs is 1. The van der Waals surface area contributed by atoms with Gasteiger partial charge in [-0.2, -0.15) is 0 Å². The molecule has 0 atom stereocenters. The van der Waals surface area contributed by atoms with Crippen molar-refractivity contribution in [3.63, 3.8) is 0 Å². The molecule has 2 aromatic rings. The number of aromatic nitrogens is 1. The van der Waals surface area contributed by atoms with E-state index in [-0.39, 0.29) is 0 Å². The van der Waals surface area contributed by atoms with E-state index in [2.05, 4.69) is 4.98 Å². The van der Waals surface area contributed by atoms with Gasteiger partial charge in [-0.3, -0.25) is 0 Å². The lowest BCUT2D eigenvalue weighted by Crippen LogP contribution is -1.98. The van der Waals surface area contributed by atoms with Crippen molar-refractivity contribution in [2.24, 2.45) is 0 Å². The van der Waals surface area contributed by atoms with Crippen LogP contribution in [0.15, 0.2) is 12.1 Å². The Morgan fingerprint density at radius 2 is 2.06 bits per heavy atom. The summed E-state index contributed by atoms with van der Waals surface area (Å²) in [5.41, 5.74) is 8.80. The predicted molar refractivity (Wildman–Crippen MR) is 71.6 cm³/mol. The van der Waals surface area contributed by atoms with E-state index in [1.54, 1.807) is 19.2 Å². The summed E-state index contributed by atoms with van der Waals surface area (Å²) in [5, 5.41) is 1.85. The van der Waals surface area contributed by atoms with Crippen LogP contribution in [0.2, 0.25) is 10.0 Å². The lowest BCUT2D eigenvalue weighted by Gasteiger charge is -2.10. The summed E-state index contributed by atoms with van der Waals surface area (Å²) >= 11 is 12.4. The second-order valence-corrected chi connectivity index (χ2v) is 4.63. The van der Waals surface area contributed by atoms with Gasteiger partial charge in [-0.15, -0.1) is 0 Å². The Bertz CT molecular complexity index is 584. The smallest absolute Gasteiger partial charge is 0.0928 e. The molecule has 0 saturated carbocycles. The summed E-state index contributed by atoms with van der Waals surface area (Å²) in [5.74, 6) is 0. The number of hydrogen-bond donors (Lipinski definition) is 1. The summed E-state index contributed by atoms with van der Waals surface area (Å²) in [4.78, 5) is 4.41. The maximum atomic E-state index is 6.22. The van der Waals surface area contributed by atoms with E-state index in [1.807, 2.05) is 6.92 Å². The molecular weight excluding hydrogens is 259 g/mol. The van der Waals surface area contributed by atoms with E-state index >= 15 is 0 Å². The van der Waals surface area contributed by atoms with Crippen LogP contribution in [0, 0.1) is 6.92 Å². The topological polar surface area (TPSA) is 48.1 Å². The van der Waals surface area contributed by atoms with E-state index in [0.717, 1.165) is 11.3 Å². The van der Waals surface area contributed by atoms with Crippen LogP contribution in [-0.4, -0.2) is 12.1 Å². The van der Waals surface area contributed by atoms with Crippen molar-refractivity contribution in [2.75, 3.05) is 12.8 Å². The Morgan fingerprint density at radius 1 is 1.35 bits per heavy atom. The lowest BCUT2D eigenvalue weighted by molar-refractivity contribution is 0.182. The summed E-state index contributed by atoms with van der Waals surface area (Å²) in [6, 6.07) is 3.54. The number of benzene rings is 1. The van der Waals surface area contributed by atoms with E-state index in [0.29, 0.717) is 33.2 Å². The van der Waals surface area contributed by atoms with Gasteiger partial charge in [0.15, 0.2) is 0 Å². The average molecular weight is 271 g/mol. The van der Waals surface area contributed by atoms with Crippen molar-refractivity contribution < 1.29 is 4.74 Å². The van der Waals surface area contributed by atoms with Crippen LogP contribution in [-0.2, 0) is 11.3 Å². The van der Waals surface area contributed by atoms with Gasteiger partial charge in [0.1, 0.15) is 0 Å². The third-order valence-electron chi connectivity index (χ3n) is 2.53. The van der Waals surface area contributed by atoms with Crippen molar-refractivity contribution in [2.45, 2.75) is 13.5 Å². The molecule has 3 nitrogen and oxygen atoms in total. The molecule has 0 radical (unpaired) electrons. The maximum Gasteiger partial charge on any atom is 0.0928 e. The number of nitrogen functional groups attached to an aromatic ring is 1. The molecule has 0 bridgehead atoms. The monoisotopic (exact) mass is 270 g/mol. The Kier molecular flexibility index (Phi) is 3.43. The molecule has 2 rings (SSSR count). The van der Waals surface area contributed by atoms with E-state index < -0.39 is 0 Å². The largest absolute Gasteiger partial charge is 0.398 e. The zero-order chi connectivity index (χ0) is 12.6. The molecule has 0 amide bonds. The van der Waals surface area contributed by atoms with E-state index in [1.165, 1.54) is 0 Å². The van der Waals surface area contributed by atoms with Gasteiger partial charge >= 0.3 is 0 Å². The summed E-state index contributed by atoms with van der Waals surface area (Å²) in [7, 11) is 1.60. The minimum absolute atomic E-state index is 0.391. The molecular formula is C12H12Cl2N2O. The van der Waals surface area contributed by atoms with Crippen LogP contribution >= 0.6 is 23.2 Å². The molecule has 1 heterocycles. The SMILES string of the molecule is COCc1cc(N)c2c(Cl)c(C)cc(Cl)c2n1. The van der Waals surface area contributed by atoms with Crippen LogP contribution in [0.1, 0.15) is 11.3 Å². The van der Waals surface area contributed by atoms with Gasteiger partial charge in [0.2, 0.25) is 0 Å². The standard InChI is InChI=1S/C12H12Cl2N2O/c1-6-3-8(13)12-10(11(6)14)9(15)4-7(16-12)5-17-2/h3-4H,5H2,1-2H3,(H2,15,16). The zero-order valence-corrected chi connectivity index (χ0v) is 11.1. The van der Waals surface area contributed by atoms with Gasteiger partial charge in [0, 0.05) is 18.2 Å². The van der Waals surface area contributed by atoms with Gasteiger partial charge < -0.3 is 10.5 Å². The molecule has 1 aromatic carbocycles. The minimum atomic E-state index is 0.391. The molecule has 0 aliphatic carbocycles. The number of hydrogen-bond acceptors (Lipinski definition) is 3. The quantitative estimate of drug-likeness (QED) is 0.908. The molecule has 0 aliphatic heterocycles. The summed E-state index contributed by atoms with van der Waals surface area (Å²) in [6.07, 6.45) is 0. The van der Waals surface area contributed by atoms with Gasteiger partial charge in [-0.1, -0.05) is 23.2 Å². The molecule has 0 saturated heterocycles. The zero-order valence-electron chi connectivity index (χ0n) is 9.55. The molecule has 0 spiro atoms. The van der Waals surface area contributed by atoms with E-state index in [4.69, 9.17) is 33.7 Å². The normalized spacial score (nSPS) is 11.1. The summed E-state index contributed by atoms with van der Waals surface area (Å²) in [6.45, 7) is 2.28. The van der Waals surface area contributed by atoms with Gasteiger partial charge in [0.05, 0.1) is 27.9 Å². The second-order valence-electron chi connectivity index (χ2n) is 3.85. The number of pyridine rings is 1. The van der Waals surface area contributed by atoms with Crippen LogP contribution in [0.4, 0.5) is 5.69 Å².